The number of aliphatic hydroxyl groups is 1. The summed E-state index contributed by atoms with van der Waals surface area (Å²) in [6.45, 7) is 5.17. The van der Waals surface area contributed by atoms with Gasteiger partial charge in [-0.3, -0.25) is 14.4 Å². The van der Waals surface area contributed by atoms with Crippen molar-refractivity contribution in [2.24, 2.45) is 0 Å². The summed E-state index contributed by atoms with van der Waals surface area (Å²) in [6, 6.07) is 6.45. The molecule has 140 valence electrons. The van der Waals surface area contributed by atoms with Crippen molar-refractivity contribution in [3.05, 3.63) is 52.6 Å². The van der Waals surface area contributed by atoms with Crippen molar-refractivity contribution in [1.82, 2.24) is 20.0 Å². The minimum Gasteiger partial charge on any atom is -0.390 e. The largest absolute Gasteiger partial charge is 0.390 e. The van der Waals surface area contributed by atoms with Crippen LogP contribution < -0.4 is 5.32 Å². The Bertz CT molecular complexity index is 775. The molecule has 6 nitrogen and oxygen atoms in total. The van der Waals surface area contributed by atoms with Gasteiger partial charge in [0.05, 0.1) is 12.3 Å². The molecule has 0 aliphatic carbocycles. The summed E-state index contributed by atoms with van der Waals surface area (Å²) in [6.07, 6.45) is 1.23. The van der Waals surface area contributed by atoms with Crippen LogP contribution in [-0.2, 0) is 37.5 Å². The Morgan fingerprint density at radius 3 is 2.92 bits per heavy atom. The number of hydrogen-bond acceptors (Lipinski definition) is 4. The lowest BCUT2D eigenvalue weighted by atomic mass is 10.0. The highest BCUT2D eigenvalue weighted by molar-refractivity contribution is 5.76. The van der Waals surface area contributed by atoms with Crippen LogP contribution in [0.1, 0.15) is 35.9 Å². The maximum atomic E-state index is 13.6. The first kappa shape index (κ1) is 18.5. The standard InChI is InChI=1S/C19H25FN4O2/c1-2-24-18-7-9-23(12-15(18)17(13-25)22-24)10-8-19(26)21-11-14-5-3-4-6-16(14)20/h3-6,25H,2,7-13H2,1H3,(H,21,26). The lowest BCUT2D eigenvalue weighted by molar-refractivity contribution is -0.121. The van der Waals surface area contributed by atoms with Gasteiger partial charge in [0.25, 0.3) is 0 Å². The van der Waals surface area contributed by atoms with Crippen molar-refractivity contribution in [2.75, 3.05) is 13.1 Å². The monoisotopic (exact) mass is 360 g/mol. The van der Waals surface area contributed by atoms with E-state index in [2.05, 4.69) is 15.3 Å². The molecule has 1 aliphatic rings. The number of fused-ring (bicyclic) bond motifs is 1. The number of carbonyl (C=O) groups excluding carboxylic acids is 1. The summed E-state index contributed by atoms with van der Waals surface area (Å²) in [7, 11) is 0. The summed E-state index contributed by atoms with van der Waals surface area (Å²) < 4.78 is 15.5. The van der Waals surface area contributed by atoms with Crippen LogP contribution in [0, 0.1) is 5.82 Å². The number of aromatic nitrogens is 2. The lowest BCUT2D eigenvalue weighted by Gasteiger charge is -2.27. The van der Waals surface area contributed by atoms with Crippen molar-refractivity contribution >= 4 is 5.91 Å². The van der Waals surface area contributed by atoms with E-state index in [1.807, 2.05) is 11.6 Å². The third-order valence-electron chi connectivity index (χ3n) is 4.83. The van der Waals surface area contributed by atoms with Crippen molar-refractivity contribution in [1.29, 1.82) is 0 Å². The quantitative estimate of drug-likeness (QED) is 0.787. The van der Waals surface area contributed by atoms with E-state index in [0.717, 1.165) is 30.8 Å². The van der Waals surface area contributed by atoms with Crippen LogP contribution >= 0.6 is 0 Å². The Balaban J connectivity index is 1.50. The fraction of sp³-hybridized carbons (Fsp3) is 0.474. The molecule has 0 spiro atoms. The van der Waals surface area contributed by atoms with Gasteiger partial charge in [-0.15, -0.1) is 0 Å². The van der Waals surface area contributed by atoms with Gasteiger partial charge in [0, 0.05) is 62.4 Å². The predicted molar refractivity (Wildman–Crippen MR) is 95.7 cm³/mol. The van der Waals surface area contributed by atoms with Crippen LogP contribution in [-0.4, -0.2) is 38.8 Å². The van der Waals surface area contributed by atoms with E-state index in [1.165, 1.54) is 11.8 Å². The molecule has 1 aliphatic heterocycles. The molecular formula is C19H25FN4O2. The fourth-order valence-corrected chi connectivity index (χ4v) is 3.38. The van der Waals surface area contributed by atoms with Crippen LogP contribution in [0.2, 0.25) is 0 Å². The number of benzene rings is 1. The molecule has 2 aromatic rings. The van der Waals surface area contributed by atoms with Gasteiger partial charge in [-0.25, -0.2) is 4.39 Å². The van der Waals surface area contributed by atoms with Gasteiger partial charge >= 0.3 is 0 Å². The molecule has 2 heterocycles. The molecule has 7 heteroatoms. The molecule has 0 saturated carbocycles. The first-order valence-electron chi connectivity index (χ1n) is 9.03. The maximum absolute atomic E-state index is 13.6. The molecule has 1 aromatic heterocycles. The van der Waals surface area contributed by atoms with Crippen molar-refractivity contribution in [2.45, 2.75) is 46.0 Å². The summed E-state index contributed by atoms with van der Waals surface area (Å²) in [4.78, 5) is 14.3. The molecule has 0 saturated heterocycles. The van der Waals surface area contributed by atoms with Crippen LogP contribution in [0.5, 0.6) is 0 Å². The highest BCUT2D eigenvalue weighted by atomic mass is 19.1. The van der Waals surface area contributed by atoms with Crippen molar-refractivity contribution in [3.8, 4) is 0 Å². The Morgan fingerprint density at radius 1 is 1.38 bits per heavy atom. The van der Waals surface area contributed by atoms with E-state index >= 15 is 0 Å². The molecule has 1 amide bonds. The van der Waals surface area contributed by atoms with Crippen LogP contribution in [0.25, 0.3) is 0 Å². The summed E-state index contributed by atoms with van der Waals surface area (Å²) >= 11 is 0. The van der Waals surface area contributed by atoms with E-state index < -0.39 is 0 Å². The molecule has 1 aromatic carbocycles. The Morgan fingerprint density at radius 2 is 2.19 bits per heavy atom. The van der Waals surface area contributed by atoms with E-state index in [1.54, 1.807) is 18.2 Å². The molecule has 26 heavy (non-hydrogen) atoms. The van der Waals surface area contributed by atoms with E-state index in [9.17, 15) is 14.3 Å². The summed E-state index contributed by atoms with van der Waals surface area (Å²) in [5.41, 5.74) is 3.50. The maximum Gasteiger partial charge on any atom is 0.221 e. The number of hydrogen-bond donors (Lipinski definition) is 2. The topological polar surface area (TPSA) is 70.4 Å². The van der Waals surface area contributed by atoms with E-state index in [-0.39, 0.29) is 24.9 Å². The number of rotatable bonds is 7. The number of amides is 1. The molecular weight excluding hydrogens is 335 g/mol. The Labute approximate surface area is 152 Å². The second-order valence-electron chi connectivity index (χ2n) is 6.49. The second kappa shape index (κ2) is 8.42. The van der Waals surface area contributed by atoms with Gasteiger partial charge < -0.3 is 10.4 Å². The SMILES string of the molecule is CCn1nc(CO)c2c1CCN(CCC(=O)NCc1ccccc1F)C2. The molecule has 0 radical (unpaired) electrons. The molecule has 2 N–H and O–H groups in total. The summed E-state index contributed by atoms with van der Waals surface area (Å²) in [5, 5.41) is 16.7. The molecule has 0 fully saturated rings. The second-order valence-corrected chi connectivity index (χ2v) is 6.49. The number of aryl methyl sites for hydroxylation is 1. The van der Waals surface area contributed by atoms with Gasteiger partial charge in [0.15, 0.2) is 0 Å². The van der Waals surface area contributed by atoms with Crippen LogP contribution in [0.3, 0.4) is 0 Å². The minimum absolute atomic E-state index is 0.0632. The fourth-order valence-electron chi connectivity index (χ4n) is 3.38. The van der Waals surface area contributed by atoms with Gasteiger partial charge in [0.2, 0.25) is 5.91 Å². The zero-order valence-corrected chi connectivity index (χ0v) is 15.0. The van der Waals surface area contributed by atoms with E-state index in [0.29, 0.717) is 25.1 Å². The van der Waals surface area contributed by atoms with Crippen LogP contribution in [0.4, 0.5) is 4.39 Å². The third-order valence-corrected chi connectivity index (χ3v) is 4.83. The lowest BCUT2D eigenvalue weighted by Crippen LogP contribution is -2.35. The first-order chi connectivity index (χ1) is 12.6. The number of aliphatic hydroxyl groups excluding tert-OH is 1. The first-order valence-corrected chi connectivity index (χ1v) is 9.03. The molecule has 0 bridgehead atoms. The normalized spacial score (nSPS) is 14.3. The zero-order chi connectivity index (χ0) is 18.5. The Kier molecular flexibility index (Phi) is 6.00. The number of nitrogens with one attached hydrogen (secondary N) is 1. The zero-order valence-electron chi connectivity index (χ0n) is 15.0. The molecule has 0 unspecified atom stereocenters. The summed E-state index contributed by atoms with van der Waals surface area (Å²) in [5.74, 6) is -0.397. The highest BCUT2D eigenvalue weighted by Crippen LogP contribution is 2.23. The number of carbonyl (C=O) groups is 1. The third kappa shape index (κ3) is 4.11. The average Bonchev–Trinajstić information content (AvgIpc) is 3.03. The smallest absolute Gasteiger partial charge is 0.221 e. The predicted octanol–water partition coefficient (Wildman–Crippen LogP) is 1.60. The minimum atomic E-state index is -0.305. The Hall–Kier alpha value is -2.25. The van der Waals surface area contributed by atoms with Crippen molar-refractivity contribution in [3.63, 3.8) is 0 Å². The van der Waals surface area contributed by atoms with Gasteiger partial charge in [-0.2, -0.15) is 5.10 Å². The molecule has 0 atom stereocenters. The average molecular weight is 360 g/mol. The van der Waals surface area contributed by atoms with E-state index in [4.69, 9.17) is 0 Å². The highest BCUT2D eigenvalue weighted by Gasteiger charge is 2.24. The van der Waals surface area contributed by atoms with Crippen molar-refractivity contribution < 1.29 is 14.3 Å². The number of nitrogens with zero attached hydrogens (tertiary/aromatic N) is 3. The van der Waals surface area contributed by atoms with Crippen LogP contribution in [0.15, 0.2) is 24.3 Å². The van der Waals surface area contributed by atoms with Gasteiger partial charge in [0.1, 0.15) is 5.82 Å². The van der Waals surface area contributed by atoms with Gasteiger partial charge in [-0.1, -0.05) is 18.2 Å². The number of halogens is 1. The van der Waals surface area contributed by atoms with Gasteiger partial charge in [-0.05, 0) is 13.0 Å². The molecule has 3 rings (SSSR count).